The van der Waals surface area contributed by atoms with Crippen LogP contribution in [-0.4, -0.2) is 35.9 Å². The van der Waals surface area contributed by atoms with Crippen LogP contribution in [0.5, 0.6) is 0 Å². The van der Waals surface area contributed by atoms with Crippen molar-refractivity contribution in [1.82, 2.24) is 5.32 Å². The van der Waals surface area contributed by atoms with Crippen LogP contribution >= 0.6 is 0 Å². The summed E-state index contributed by atoms with van der Waals surface area (Å²) in [5.41, 5.74) is 2.46. The topological polar surface area (TPSA) is 125 Å². The highest BCUT2D eigenvalue weighted by Gasteiger charge is 2.47. The Hall–Kier alpha value is -3.49. The van der Waals surface area contributed by atoms with Crippen molar-refractivity contribution in [3.05, 3.63) is 62.0 Å². The number of hydrogen-bond donors (Lipinski definition) is 1. The first-order valence-electron chi connectivity index (χ1n) is 12.4. The quantitative estimate of drug-likeness (QED) is 0.275. The molecule has 0 saturated heterocycles. The summed E-state index contributed by atoms with van der Waals surface area (Å²) < 4.78 is 10.8. The molecule has 9 nitrogen and oxygen atoms in total. The predicted octanol–water partition coefficient (Wildman–Crippen LogP) is 4.39. The second kappa shape index (κ2) is 10.2. The van der Waals surface area contributed by atoms with Crippen LogP contribution in [0.2, 0.25) is 0 Å². The number of allylic oxidation sites excluding steroid dienone is 3. The van der Waals surface area contributed by atoms with Crippen molar-refractivity contribution in [3.63, 3.8) is 0 Å². The van der Waals surface area contributed by atoms with Gasteiger partial charge in [0.2, 0.25) is 0 Å². The summed E-state index contributed by atoms with van der Waals surface area (Å²) in [6.45, 7) is 5.19. The zero-order valence-electron chi connectivity index (χ0n) is 21.1. The maximum absolute atomic E-state index is 13.8. The lowest BCUT2D eigenvalue weighted by Crippen LogP contribution is -2.43. The van der Waals surface area contributed by atoms with E-state index in [-0.39, 0.29) is 28.9 Å². The van der Waals surface area contributed by atoms with E-state index in [9.17, 15) is 24.5 Å². The molecule has 0 amide bonds. The molecule has 192 valence electrons. The molecule has 9 heteroatoms. The first-order chi connectivity index (χ1) is 17.1. The number of nitro groups is 1. The molecule has 2 aliphatic carbocycles. The Morgan fingerprint density at radius 3 is 2.47 bits per heavy atom. The molecule has 1 aromatic rings. The summed E-state index contributed by atoms with van der Waals surface area (Å²) in [7, 11) is 1.24. The number of rotatable bonds is 5. The van der Waals surface area contributed by atoms with E-state index in [0.717, 1.165) is 32.1 Å². The van der Waals surface area contributed by atoms with Crippen molar-refractivity contribution in [1.29, 1.82) is 0 Å². The molecule has 1 N–H and O–H groups in total. The minimum atomic E-state index is -1.02. The standard InChI is InChI=1S/C27H32N2O7/c1-14-10-11-17(13-20(14)29(33)34)23-22(27(32)36-18-8-6-5-7-9-18)16(3)28-19-12-15(2)21(26(31)35-4)25(30)24(19)23/h10-11,13,15,18,21,23,28H,5-9,12H2,1-4H3/t15-,21-,23-/m0/s1. The van der Waals surface area contributed by atoms with Crippen LogP contribution in [0.15, 0.2) is 40.7 Å². The average Bonchev–Trinajstić information content (AvgIpc) is 2.83. The summed E-state index contributed by atoms with van der Waals surface area (Å²) in [6.07, 6.45) is 4.81. The van der Waals surface area contributed by atoms with Gasteiger partial charge in [-0.25, -0.2) is 4.79 Å². The smallest absolute Gasteiger partial charge is 0.337 e. The Kier molecular flexibility index (Phi) is 7.28. The highest BCUT2D eigenvalue weighted by atomic mass is 16.6. The highest BCUT2D eigenvalue weighted by molar-refractivity contribution is 6.12. The van der Waals surface area contributed by atoms with Crippen molar-refractivity contribution in [2.75, 3.05) is 7.11 Å². The van der Waals surface area contributed by atoms with E-state index in [1.54, 1.807) is 26.0 Å². The number of esters is 2. The van der Waals surface area contributed by atoms with E-state index in [0.29, 0.717) is 28.9 Å². The molecule has 0 radical (unpaired) electrons. The first-order valence-corrected chi connectivity index (χ1v) is 12.4. The fraction of sp³-hybridized carbons (Fsp3) is 0.519. The van der Waals surface area contributed by atoms with Crippen LogP contribution in [0.4, 0.5) is 5.69 Å². The van der Waals surface area contributed by atoms with E-state index >= 15 is 0 Å². The van der Waals surface area contributed by atoms with Gasteiger partial charge in [-0.2, -0.15) is 0 Å². The van der Waals surface area contributed by atoms with E-state index in [1.807, 2.05) is 6.92 Å². The number of carbonyl (C=O) groups excluding carboxylic acids is 3. The summed E-state index contributed by atoms with van der Waals surface area (Å²) in [5.74, 6) is -3.85. The Morgan fingerprint density at radius 2 is 1.83 bits per heavy atom. The molecule has 3 aliphatic rings. The van der Waals surface area contributed by atoms with Gasteiger partial charge in [0.1, 0.15) is 12.0 Å². The van der Waals surface area contributed by atoms with Crippen molar-refractivity contribution >= 4 is 23.4 Å². The largest absolute Gasteiger partial charge is 0.468 e. The van der Waals surface area contributed by atoms with Crippen LogP contribution in [0, 0.1) is 28.9 Å². The van der Waals surface area contributed by atoms with Crippen molar-refractivity contribution in [2.45, 2.75) is 71.3 Å². The van der Waals surface area contributed by atoms with Gasteiger partial charge in [-0.1, -0.05) is 25.5 Å². The Bertz CT molecular complexity index is 1180. The molecule has 0 aromatic heterocycles. The van der Waals surface area contributed by atoms with Crippen molar-refractivity contribution < 1.29 is 28.8 Å². The number of methoxy groups -OCH3 is 1. The number of nitrogens with one attached hydrogen (secondary N) is 1. The normalized spacial score (nSPS) is 24.7. The molecule has 1 fully saturated rings. The Labute approximate surface area is 210 Å². The number of benzene rings is 1. The zero-order valence-corrected chi connectivity index (χ0v) is 21.1. The molecule has 1 aliphatic heterocycles. The number of Topliss-reactive ketones (excluding diaryl/α,β-unsaturated/α-hetero) is 1. The first kappa shape index (κ1) is 25.6. The molecule has 1 saturated carbocycles. The van der Waals surface area contributed by atoms with Crippen LogP contribution < -0.4 is 5.32 Å². The van der Waals surface area contributed by atoms with Crippen LogP contribution in [0.3, 0.4) is 0 Å². The second-order valence-electron chi connectivity index (χ2n) is 10.0. The van der Waals surface area contributed by atoms with Crippen molar-refractivity contribution in [2.24, 2.45) is 11.8 Å². The minimum absolute atomic E-state index is 0.105. The third-order valence-electron chi connectivity index (χ3n) is 7.55. The fourth-order valence-electron chi connectivity index (χ4n) is 5.68. The van der Waals surface area contributed by atoms with E-state index in [4.69, 9.17) is 9.47 Å². The fourth-order valence-corrected chi connectivity index (χ4v) is 5.68. The number of ether oxygens (including phenoxy) is 2. The summed E-state index contributed by atoms with van der Waals surface area (Å²) in [4.78, 5) is 51.2. The molecule has 0 spiro atoms. The summed E-state index contributed by atoms with van der Waals surface area (Å²) in [6, 6.07) is 4.72. The maximum atomic E-state index is 13.8. The second-order valence-corrected chi connectivity index (χ2v) is 10.0. The molecule has 1 aromatic carbocycles. The number of aryl methyl sites for hydroxylation is 1. The van der Waals surface area contributed by atoms with Crippen LogP contribution in [-0.2, 0) is 23.9 Å². The summed E-state index contributed by atoms with van der Waals surface area (Å²) >= 11 is 0. The lowest BCUT2D eigenvalue weighted by Gasteiger charge is -2.38. The number of hydrogen-bond acceptors (Lipinski definition) is 8. The average molecular weight is 497 g/mol. The third-order valence-corrected chi connectivity index (χ3v) is 7.55. The monoisotopic (exact) mass is 496 g/mol. The van der Waals surface area contributed by atoms with E-state index in [2.05, 4.69) is 5.32 Å². The third kappa shape index (κ3) is 4.66. The molecule has 4 rings (SSSR count). The van der Waals surface area contributed by atoms with Gasteiger partial charge in [-0.3, -0.25) is 19.7 Å². The van der Waals surface area contributed by atoms with Crippen LogP contribution in [0.1, 0.15) is 69.4 Å². The van der Waals surface area contributed by atoms with E-state index in [1.165, 1.54) is 13.2 Å². The number of ketones is 1. The van der Waals surface area contributed by atoms with Gasteiger partial charge in [-0.15, -0.1) is 0 Å². The molecule has 0 unspecified atom stereocenters. The highest BCUT2D eigenvalue weighted by Crippen LogP contribution is 2.46. The predicted molar refractivity (Wildman–Crippen MR) is 131 cm³/mol. The summed E-state index contributed by atoms with van der Waals surface area (Å²) in [5, 5.41) is 14.9. The Balaban J connectivity index is 1.84. The molecule has 3 atom stereocenters. The van der Waals surface area contributed by atoms with Gasteiger partial charge in [-0.05, 0) is 57.4 Å². The van der Waals surface area contributed by atoms with Gasteiger partial charge in [0, 0.05) is 34.5 Å². The maximum Gasteiger partial charge on any atom is 0.337 e. The lowest BCUT2D eigenvalue weighted by atomic mass is 9.69. The molecule has 1 heterocycles. The lowest BCUT2D eigenvalue weighted by molar-refractivity contribution is -0.385. The van der Waals surface area contributed by atoms with Gasteiger partial charge in [0.05, 0.1) is 17.6 Å². The molecular weight excluding hydrogens is 464 g/mol. The van der Waals surface area contributed by atoms with E-state index < -0.39 is 34.5 Å². The number of nitrogens with zero attached hydrogens (tertiary/aromatic N) is 1. The van der Waals surface area contributed by atoms with Gasteiger partial charge < -0.3 is 14.8 Å². The Morgan fingerprint density at radius 1 is 1.14 bits per heavy atom. The number of carbonyl (C=O) groups is 3. The minimum Gasteiger partial charge on any atom is -0.468 e. The zero-order chi connectivity index (χ0) is 26.1. The van der Waals surface area contributed by atoms with Crippen molar-refractivity contribution in [3.8, 4) is 0 Å². The van der Waals surface area contributed by atoms with Gasteiger partial charge in [0.15, 0.2) is 5.78 Å². The van der Waals surface area contributed by atoms with Crippen LogP contribution in [0.25, 0.3) is 0 Å². The number of nitro benzene ring substituents is 1. The number of dihydropyridines is 1. The molecule has 0 bridgehead atoms. The van der Waals surface area contributed by atoms with Gasteiger partial charge >= 0.3 is 11.9 Å². The SMILES string of the molecule is COC(=O)[C@@H]1C(=O)C2=C(C[C@@H]1C)NC(C)=C(C(=O)OC1CCCCC1)[C@@H]2c1ccc(C)c([N+](=O)[O-])c1. The van der Waals surface area contributed by atoms with Gasteiger partial charge in [0.25, 0.3) is 5.69 Å². The molecule has 36 heavy (non-hydrogen) atoms. The molecular formula is C27H32N2O7.